The molecular weight excluding hydrogens is 268 g/mol. The monoisotopic (exact) mass is 292 g/mol. The molecule has 5 heteroatoms. The minimum absolute atomic E-state index is 0.161. The second-order valence-corrected chi connectivity index (χ2v) is 5.12. The van der Waals surface area contributed by atoms with Gasteiger partial charge in [-0.25, -0.2) is 0 Å². The van der Waals surface area contributed by atoms with E-state index in [0.717, 1.165) is 5.56 Å². The molecule has 0 fully saturated rings. The number of carbonyl (C=O) groups is 1. The molecule has 0 bridgehead atoms. The lowest BCUT2D eigenvalue weighted by Crippen LogP contribution is -2.24. The van der Waals surface area contributed by atoms with E-state index in [1.54, 1.807) is 19.3 Å². The van der Waals surface area contributed by atoms with E-state index >= 15 is 0 Å². The van der Waals surface area contributed by atoms with Crippen LogP contribution in [0, 0.1) is 5.92 Å². The quantitative estimate of drug-likeness (QED) is 0.437. The summed E-state index contributed by atoms with van der Waals surface area (Å²) in [5.41, 5.74) is 7.36. The van der Waals surface area contributed by atoms with Crippen LogP contribution in [0.1, 0.15) is 19.4 Å². The molecule has 0 heterocycles. The summed E-state index contributed by atoms with van der Waals surface area (Å²) >= 11 is 0. The number of hydrogen-bond donors (Lipinski definition) is 2. The molecule has 3 N–H and O–H groups in total. The predicted molar refractivity (Wildman–Crippen MR) is 85.1 cm³/mol. The van der Waals surface area contributed by atoms with Crippen LogP contribution in [0.2, 0.25) is 0 Å². The molecule has 0 saturated carbocycles. The van der Waals surface area contributed by atoms with Gasteiger partial charge in [0.2, 0.25) is 5.91 Å². The van der Waals surface area contributed by atoms with E-state index in [-0.39, 0.29) is 5.91 Å². The Kier molecular flexibility index (Phi) is 7.32. The van der Waals surface area contributed by atoms with Crippen LogP contribution in [0.5, 0.6) is 5.75 Å². The van der Waals surface area contributed by atoms with Crippen LogP contribution < -0.4 is 15.8 Å². The average Bonchev–Trinajstić information content (AvgIpc) is 2.44. The highest BCUT2D eigenvalue weighted by molar-refractivity contribution is 5.91. The Labute approximate surface area is 126 Å². The largest absolute Gasteiger partial charge is 0.491 e. The van der Waals surface area contributed by atoms with Crippen molar-refractivity contribution in [2.45, 2.75) is 13.8 Å². The van der Waals surface area contributed by atoms with E-state index in [1.807, 2.05) is 12.1 Å². The molecule has 0 atom stereocenters. The van der Waals surface area contributed by atoms with Gasteiger partial charge in [-0.05, 0) is 29.7 Å². The van der Waals surface area contributed by atoms with Crippen molar-refractivity contribution >= 4 is 17.7 Å². The van der Waals surface area contributed by atoms with Crippen molar-refractivity contribution in [3.8, 4) is 5.75 Å². The number of rotatable bonds is 8. The number of nitrogens with one attached hydrogen (secondary N) is 1. The van der Waals surface area contributed by atoms with Gasteiger partial charge in [-0.1, -0.05) is 19.9 Å². The van der Waals surface area contributed by atoms with Crippen molar-refractivity contribution in [2.75, 3.05) is 32.6 Å². The maximum Gasteiger partial charge on any atom is 0.244 e. The third-order valence-corrected chi connectivity index (χ3v) is 2.64. The van der Waals surface area contributed by atoms with Gasteiger partial charge in [-0.3, -0.25) is 4.79 Å². The summed E-state index contributed by atoms with van der Waals surface area (Å²) < 4.78 is 10.5. The number of anilines is 1. The molecule has 1 rings (SSSR count). The predicted octanol–water partition coefficient (Wildman–Crippen LogP) is 2.08. The van der Waals surface area contributed by atoms with Crippen LogP contribution >= 0.6 is 0 Å². The van der Waals surface area contributed by atoms with Gasteiger partial charge in [0, 0.05) is 19.7 Å². The fourth-order valence-corrected chi connectivity index (χ4v) is 1.57. The zero-order chi connectivity index (χ0) is 15.7. The summed E-state index contributed by atoms with van der Waals surface area (Å²) in [6.07, 6.45) is 3.18. The normalized spacial score (nSPS) is 11.0. The number of hydrogen-bond acceptors (Lipinski definition) is 4. The first-order chi connectivity index (χ1) is 10.0. The third-order valence-electron chi connectivity index (χ3n) is 2.64. The fraction of sp³-hybridized carbons (Fsp3) is 0.438. The van der Waals surface area contributed by atoms with Crippen LogP contribution in [0.15, 0.2) is 24.3 Å². The second-order valence-electron chi connectivity index (χ2n) is 5.12. The molecule has 1 amide bonds. The Bertz CT molecular complexity index is 484. The molecule has 0 spiro atoms. The molecule has 1 aromatic carbocycles. The first kappa shape index (κ1) is 17.0. The number of benzene rings is 1. The molecule has 0 aromatic heterocycles. The van der Waals surface area contributed by atoms with E-state index in [2.05, 4.69) is 19.2 Å². The number of nitrogens with two attached hydrogens (primary N) is 1. The molecule has 0 unspecified atom stereocenters. The van der Waals surface area contributed by atoms with Gasteiger partial charge in [0.15, 0.2) is 0 Å². The number of methoxy groups -OCH3 is 1. The lowest BCUT2D eigenvalue weighted by Gasteiger charge is -2.11. The molecule has 0 aliphatic carbocycles. The minimum atomic E-state index is -0.161. The molecule has 5 nitrogen and oxygen atoms in total. The summed E-state index contributed by atoms with van der Waals surface area (Å²) in [5.74, 6) is 0.955. The number of carbonyl (C=O) groups excluding carboxylic acids is 1. The highest BCUT2D eigenvalue weighted by atomic mass is 16.5. The Morgan fingerprint density at radius 3 is 2.81 bits per heavy atom. The van der Waals surface area contributed by atoms with Crippen LogP contribution in [-0.2, 0) is 9.53 Å². The summed E-state index contributed by atoms with van der Waals surface area (Å²) in [4.78, 5) is 11.5. The van der Waals surface area contributed by atoms with E-state index in [4.69, 9.17) is 15.2 Å². The first-order valence-electron chi connectivity index (χ1n) is 7.00. The Morgan fingerprint density at radius 2 is 2.19 bits per heavy atom. The van der Waals surface area contributed by atoms with Gasteiger partial charge in [-0.15, -0.1) is 0 Å². The van der Waals surface area contributed by atoms with Crippen LogP contribution in [0.25, 0.3) is 6.08 Å². The van der Waals surface area contributed by atoms with Crippen molar-refractivity contribution in [2.24, 2.45) is 5.92 Å². The van der Waals surface area contributed by atoms with Gasteiger partial charge >= 0.3 is 0 Å². The van der Waals surface area contributed by atoms with Crippen LogP contribution in [0.4, 0.5) is 5.69 Å². The van der Waals surface area contributed by atoms with Crippen LogP contribution in [0.3, 0.4) is 0 Å². The van der Waals surface area contributed by atoms with Gasteiger partial charge in [0.25, 0.3) is 0 Å². The van der Waals surface area contributed by atoms with Crippen LogP contribution in [-0.4, -0.2) is 32.8 Å². The number of amides is 1. The molecule has 0 radical (unpaired) electrons. The smallest absolute Gasteiger partial charge is 0.244 e. The highest BCUT2D eigenvalue weighted by Crippen LogP contribution is 2.23. The zero-order valence-electron chi connectivity index (χ0n) is 12.9. The van der Waals surface area contributed by atoms with Crippen molar-refractivity contribution < 1.29 is 14.3 Å². The summed E-state index contributed by atoms with van der Waals surface area (Å²) in [6, 6.07) is 5.47. The molecule has 1 aromatic rings. The summed E-state index contributed by atoms with van der Waals surface area (Å²) in [7, 11) is 1.59. The molecular formula is C16H24N2O3. The molecule has 0 aliphatic rings. The van der Waals surface area contributed by atoms with Crippen molar-refractivity contribution in [1.29, 1.82) is 0 Å². The average molecular weight is 292 g/mol. The summed E-state index contributed by atoms with van der Waals surface area (Å²) in [6.45, 7) is 5.77. The van der Waals surface area contributed by atoms with Crippen molar-refractivity contribution in [1.82, 2.24) is 5.32 Å². The Hall–Kier alpha value is -2.01. The summed E-state index contributed by atoms with van der Waals surface area (Å²) in [5, 5.41) is 2.71. The molecule has 0 saturated heterocycles. The highest BCUT2D eigenvalue weighted by Gasteiger charge is 2.03. The lowest BCUT2D eigenvalue weighted by atomic mass is 10.1. The molecule has 116 valence electrons. The second kappa shape index (κ2) is 9.02. The lowest BCUT2D eigenvalue weighted by molar-refractivity contribution is -0.116. The minimum Gasteiger partial charge on any atom is -0.491 e. The SMILES string of the molecule is COCCNC(=O)/C=C\c1ccc(OCC(C)C)c(N)c1. The topological polar surface area (TPSA) is 73.6 Å². The van der Waals surface area contributed by atoms with Gasteiger partial charge < -0.3 is 20.5 Å². The maximum atomic E-state index is 11.5. The van der Waals surface area contributed by atoms with E-state index in [1.165, 1.54) is 6.08 Å². The fourth-order valence-electron chi connectivity index (χ4n) is 1.57. The van der Waals surface area contributed by atoms with Gasteiger partial charge in [-0.2, -0.15) is 0 Å². The first-order valence-corrected chi connectivity index (χ1v) is 7.00. The Balaban J connectivity index is 2.56. The van der Waals surface area contributed by atoms with E-state index in [0.29, 0.717) is 37.1 Å². The zero-order valence-corrected chi connectivity index (χ0v) is 12.9. The third kappa shape index (κ3) is 6.81. The molecule has 0 aliphatic heterocycles. The standard InChI is InChI=1S/C16H24N2O3/c1-12(2)11-21-15-6-4-13(10-14(15)17)5-7-16(19)18-8-9-20-3/h4-7,10,12H,8-9,11,17H2,1-3H3,(H,18,19)/b7-5-. The van der Waals surface area contributed by atoms with E-state index < -0.39 is 0 Å². The van der Waals surface area contributed by atoms with Gasteiger partial charge in [0.05, 0.1) is 18.9 Å². The van der Waals surface area contributed by atoms with Gasteiger partial charge in [0.1, 0.15) is 5.75 Å². The Morgan fingerprint density at radius 1 is 1.43 bits per heavy atom. The van der Waals surface area contributed by atoms with E-state index in [9.17, 15) is 4.79 Å². The van der Waals surface area contributed by atoms with Crippen molar-refractivity contribution in [3.63, 3.8) is 0 Å². The number of nitrogen functional groups attached to an aromatic ring is 1. The van der Waals surface area contributed by atoms with Crippen molar-refractivity contribution in [3.05, 3.63) is 29.8 Å². The number of ether oxygens (including phenoxy) is 2. The maximum absolute atomic E-state index is 11.5. The molecule has 21 heavy (non-hydrogen) atoms.